The molecule has 2 heteroatoms. The second kappa shape index (κ2) is 6.34. The molecule has 0 heterocycles. The van der Waals surface area contributed by atoms with Crippen LogP contribution in [-0.4, -0.2) is 17.8 Å². The van der Waals surface area contributed by atoms with E-state index in [1.54, 1.807) is 0 Å². The number of quaternary nitrogens is 1. The Bertz CT molecular complexity index is 462. The smallest absolute Gasteiger partial charge is 0.102 e. The Kier molecular flexibility index (Phi) is 4.51. The number of nitrogens with two attached hydrogens (primary N) is 1. The van der Waals surface area contributed by atoms with Crippen molar-refractivity contribution >= 4 is 0 Å². The van der Waals surface area contributed by atoms with Crippen LogP contribution in [0, 0.1) is 0 Å². The van der Waals surface area contributed by atoms with Crippen LogP contribution in [0.25, 0.3) is 11.1 Å². The van der Waals surface area contributed by atoms with Gasteiger partial charge in [0.1, 0.15) is 13.1 Å². The monoisotopic (exact) mass is 242 g/mol. The molecule has 0 radical (unpaired) electrons. The molecule has 0 aromatic heterocycles. The molecular formula is C16H20NO+. The van der Waals surface area contributed by atoms with Gasteiger partial charge in [0, 0.05) is 5.56 Å². The summed E-state index contributed by atoms with van der Waals surface area (Å²) in [5.41, 5.74) is 3.78. The summed E-state index contributed by atoms with van der Waals surface area (Å²) in [5.74, 6) is 0. The van der Waals surface area contributed by atoms with E-state index in [4.69, 9.17) is 0 Å². The van der Waals surface area contributed by atoms with E-state index in [2.05, 4.69) is 53.8 Å². The minimum absolute atomic E-state index is 0.242. The summed E-state index contributed by atoms with van der Waals surface area (Å²) < 4.78 is 0. The van der Waals surface area contributed by atoms with Crippen LogP contribution in [0.2, 0.25) is 0 Å². The summed E-state index contributed by atoms with van der Waals surface area (Å²) in [6, 6.07) is 19.0. The molecule has 1 atom stereocenters. The predicted molar refractivity (Wildman–Crippen MR) is 74.1 cm³/mol. The van der Waals surface area contributed by atoms with Gasteiger partial charge in [0.2, 0.25) is 0 Å². The van der Waals surface area contributed by atoms with Gasteiger partial charge >= 0.3 is 0 Å². The fourth-order valence-electron chi connectivity index (χ4n) is 1.96. The molecule has 0 amide bonds. The van der Waals surface area contributed by atoms with E-state index in [9.17, 15) is 5.11 Å². The molecule has 0 aliphatic rings. The van der Waals surface area contributed by atoms with E-state index in [1.807, 2.05) is 13.0 Å². The Morgan fingerprint density at radius 1 is 0.944 bits per heavy atom. The van der Waals surface area contributed by atoms with E-state index in [0.717, 1.165) is 13.1 Å². The molecule has 0 bridgehead atoms. The van der Waals surface area contributed by atoms with Crippen LogP contribution in [0.15, 0.2) is 54.6 Å². The lowest BCUT2D eigenvalue weighted by Crippen LogP contribution is -2.84. The zero-order valence-electron chi connectivity index (χ0n) is 10.7. The maximum atomic E-state index is 9.19. The van der Waals surface area contributed by atoms with Crippen LogP contribution in [-0.2, 0) is 6.54 Å². The van der Waals surface area contributed by atoms with Crippen LogP contribution >= 0.6 is 0 Å². The Labute approximate surface area is 108 Å². The van der Waals surface area contributed by atoms with Crippen molar-refractivity contribution < 1.29 is 10.4 Å². The number of aliphatic hydroxyl groups is 1. The molecule has 94 valence electrons. The number of hydrogen-bond acceptors (Lipinski definition) is 1. The summed E-state index contributed by atoms with van der Waals surface area (Å²) in [4.78, 5) is 0. The van der Waals surface area contributed by atoms with E-state index >= 15 is 0 Å². The number of rotatable bonds is 5. The van der Waals surface area contributed by atoms with Gasteiger partial charge in [-0.05, 0) is 18.1 Å². The van der Waals surface area contributed by atoms with E-state index in [0.29, 0.717) is 0 Å². The lowest BCUT2D eigenvalue weighted by Gasteiger charge is -2.05. The highest BCUT2D eigenvalue weighted by Crippen LogP contribution is 2.18. The maximum absolute atomic E-state index is 9.19. The molecule has 3 N–H and O–H groups in total. The normalized spacial score (nSPS) is 12.3. The summed E-state index contributed by atoms with van der Waals surface area (Å²) in [6.07, 6.45) is -0.242. The molecule has 0 saturated heterocycles. The quantitative estimate of drug-likeness (QED) is 0.824. The van der Waals surface area contributed by atoms with Crippen molar-refractivity contribution in [3.05, 3.63) is 60.2 Å². The predicted octanol–water partition coefficient (Wildman–Crippen LogP) is 1.80. The van der Waals surface area contributed by atoms with Gasteiger partial charge in [-0.25, -0.2) is 0 Å². The first-order chi connectivity index (χ1) is 8.75. The second-order valence-electron chi connectivity index (χ2n) is 4.64. The summed E-state index contributed by atoms with van der Waals surface area (Å²) >= 11 is 0. The van der Waals surface area contributed by atoms with Crippen molar-refractivity contribution in [2.75, 3.05) is 6.54 Å². The van der Waals surface area contributed by atoms with Crippen molar-refractivity contribution in [3.63, 3.8) is 0 Å². The van der Waals surface area contributed by atoms with Gasteiger partial charge < -0.3 is 10.4 Å². The Balaban J connectivity index is 1.98. The van der Waals surface area contributed by atoms with E-state index < -0.39 is 0 Å². The van der Waals surface area contributed by atoms with Gasteiger partial charge in [0.15, 0.2) is 0 Å². The molecule has 0 aliphatic carbocycles. The van der Waals surface area contributed by atoms with Crippen molar-refractivity contribution in [3.8, 4) is 11.1 Å². The second-order valence-corrected chi connectivity index (χ2v) is 4.64. The van der Waals surface area contributed by atoms with Crippen molar-refractivity contribution in [1.29, 1.82) is 0 Å². The first-order valence-corrected chi connectivity index (χ1v) is 6.40. The summed E-state index contributed by atoms with van der Waals surface area (Å²) in [6.45, 7) is 3.48. The fourth-order valence-corrected chi connectivity index (χ4v) is 1.96. The van der Waals surface area contributed by atoms with E-state index in [1.165, 1.54) is 16.7 Å². The zero-order chi connectivity index (χ0) is 12.8. The Morgan fingerprint density at radius 3 is 2.17 bits per heavy atom. The van der Waals surface area contributed by atoms with Crippen LogP contribution < -0.4 is 5.32 Å². The van der Waals surface area contributed by atoms with Crippen LogP contribution in [0.3, 0.4) is 0 Å². The van der Waals surface area contributed by atoms with Gasteiger partial charge in [0.25, 0.3) is 0 Å². The molecule has 2 aromatic rings. The van der Waals surface area contributed by atoms with Gasteiger partial charge in [-0.2, -0.15) is 0 Å². The molecule has 0 saturated carbocycles. The van der Waals surface area contributed by atoms with Crippen molar-refractivity contribution in [1.82, 2.24) is 0 Å². The highest BCUT2D eigenvalue weighted by atomic mass is 16.3. The molecular weight excluding hydrogens is 222 g/mol. The van der Waals surface area contributed by atoms with Crippen LogP contribution in [0.5, 0.6) is 0 Å². The van der Waals surface area contributed by atoms with Crippen molar-refractivity contribution in [2.24, 2.45) is 0 Å². The molecule has 0 fully saturated rings. The molecule has 0 unspecified atom stereocenters. The van der Waals surface area contributed by atoms with Crippen LogP contribution in [0.4, 0.5) is 0 Å². The topological polar surface area (TPSA) is 36.8 Å². The standard InChI is InChI=1S/C16H19NO/c1-13(18)11-17-12-14-7-9-16(10-8-14)15-5-3-2-4-6-15/h2-10,13,17-18H,11-12H2,1H3/p+1/t13-/m1/s1. The van der Waals surface area contributed by atoms with Gasteiger partial charge in [0.05, 0.1) is 6.10 Å². The molecule has 0 spiro atoms. The Morgan fingerprint density at radius 2 is 1.56 bits per heavy atom. The third kappa shape index (κ3) is 3.69. The highest BCUT2D eigenvalue weighted by molar-refractivity contribution is 5.63. The molecule has 2 nitrogen and oxygen atoms in total. The average Bonchev–Trinajstić information content (AvgIpc) is 2.40. The van der Waals surface area contributed by atoms with Crippen molar-refractivity contribution in [2.45, 2.75) is 19.6 Å². The Hall–Kier alpha value is -1.64. The molecule has 2 aromatic carbocycles. The summed E-state index contributed by atoms with van der Waals surface area (Å²) in [5, 5.41) is 11.3. The molecule has 0 aliphatic heterocycles. The lowest BCUT2D eigenvalue weighted by atomic mass is 10.0. The zero-order valence-corrected chi connectivity index (χ0v) is 10.7. The lowest BCUT2D eigenvalue weighted by molar-refractivity contribution is -0.676. The minimum Gasteiger partial charge on any atom is -0.388 e. The van der Waals surface area contributed by atoms with Gasteiger partial charge in [-0.15, -0.1) is 0 Å². The SMILES string of the molecule is C[C@@H](O)C[NH2+]Cc1ccc(-c2ccccc2)cc1. The highest BCUT2D eigenvalue weighted by Gasteiger charge is 2.00. The minimum atomic E-state index is -0.242. The average molecular weight is 242 g/mol. The summed E-state index contributed by atoms with van der Waals surface area (Å²) in [7, 11) is 0. The van der Waals surface area contributed by atoms with Gasteiger partial charge in [-0.1, -0.05) is 54.6 Å². The first-order valence-electron chi connectivity index (χ1n) is 6.40. The number of hydrogen-bond donors (Lipinski definition) is 2. The number of aliphatic hydroxyl groups excluding tert-OH is 1. The third-order valence-electron chi connectivity index (χ3n) is 2.95. The van der Waals surface area contributed by atoms with Crippen LogP contribution in [0.1, 0.15) is 12.5 Å². The third-order valence-corrected chi connectivity index (χ3v) is 2.95. The number of benzene rings is 2. The maximum Gasteiger partial charge on any atom is 0.102 e. The first kappa shape index (κ1) is 12.8. The molecule has 18 heavy (non-hydrogen) atoms. The van der Waals surface area contributed by atoms with Gasteiger partial charge in [-0.3, -0.25) is 0 Å². The molecule has 2 rings (SSSR count). The fraction of sp³-hybridized carbons (Fsp3) is 0.250. The van der Waals surface area contributed by atoms with E-state index in [-0.39, 0.29) is 6.10 Å². The largest absolute Gasteiger partial charge is 0.388 e.